The molecule has 0 aliphatic carbocycles. The topological polar surface area (TPSA) is 39.9 Å². The summed E-state index contributed by atoms with van der Waals surface area (Å²) in [4.78, 5) is 6.44. The zero-order chi connectivity index (χ0) is 12.1. The number of nitriles is 1. The van der Waals surface area contributed by atoms with Gasteiger partial charge in [0, 0.05) is 25.0 Å². The number of thioether (sulfide) groups is 1. The first-order valence-electron chi connectivity index (χ1n) is 5.18. The summed E-state index contributed by atoms with van der Waals surface area (Å²) in [5.41, 5.74) is 3.45. The van der Waals surface area contributed by atoms with E-state index in [0.29, 0.717) is 5.56 Å². The number of pyridine rings is 1. The third-order valence-electron chi connectivity index (χ3n) is 2.46. The lowest BCUT2D eigenvalue weighted by Gasteiger charge is -2.21. The van der Waals surface area contributed by atoms with E-state index in [1.165, 1.54) is 0 Å². The highest BCUT2D eigenvalue weighted by Gasteiger charge is 2.11. The van der Waals surface area contributed by atoms with E-state index in [2.05, 4.69) is 22.2 Å². The molecule has 4 heteroatoms. The zero-order valence-corrected chi connectivity index (χ0v) is 11.1. The van der Waals surface area contributed by atoms with Gasteiger partial charge in [0.1, 0.15) is 6.07 Å². The molecule has 3 nitrogen and oxygen atoms in total. The second kappa shape index (κ2) is 5.76. The minimum absolute atomic E-state index is 0.689. The van der Waals surface area contributed by atoms with Crippen LogP contribution in [0.4, 0.5) is 5.69 Å². The monoisotopic (exact) mass is 235 g/mol. The van der Waals surface area contributed by atoms with Crippen LogP contribution in [0.15, 0.2) is 6.07 Å². The van der Waals surface area contributed by atoms with Crippen LogP contribution >= 0.6 is 11.8 Å². The molecule has 16 heavy (non-hydrogen) atoms. The minimum Gasteiger partial charge on any atom is -0.373 e. The maximum absolute atomic E-state index is 9.14. The van der Waals surface area contributed by atoms with E-state index in [1.807, 2.05) is 27.0 Å². The molecular weight excluding hydrogens is 218 g/mol. The van der Waals surface area contributed by atoms with Crippen LogP contribution < -0.4 is 4.90 Å². The Kier molecular flexibility index (Phi) is 4.63. The molecule has 0 unspecified atom stereocenters. The highest BCUT2D eigenvalue weighted by molar-refractivity contribution is 7.98. The summed E-state index contributed by atoms with van der Waals surface area (Å²) < 4.78 is 0. The molecule has 0 saturated heterocycles. The maximum Gasteiger partial charge on any atom is 0.103 e. The fourth-order valence-corrected chi connectivity index (χ4v) is 2.05. The number of aromatic nitrogens is 1. The maximum atomic E-state index is 9.14. The SMILES string of the molecule is CSCCN(C)c1cc(C)nc(C)c1C#N. The van der Waals surface area contributed by atoms with E-state index in [-0.39, 0.29) is 0 Å². The van der Waals surface area contributed by atoms with E-state index in [4.69, 9.17) is 5.26 Å². The van der Waals surface area contributed by atoms with Crippen molar-refractivity contribution in [3.05, 3.63) is 23.0 Å². The quantitative estimate of drug-likeness (QED) is 0.803. The van der Waals surface area contributed by atoms with Crippen LogP contribution in [0.3, 0.4) is 0 Å². The summed E-state index contributed by atoms with van der Waals surface area (Å²) in [7, 11) is 2.02. The first-order valence-corrected chi connectivity index (χ1v) is 6.58. The lowest BCUT2D eigenvalue weighted by molar-refractivity contribution is 0.959. The molecule has 0 aliphatic rings. The average Bonchev–Trinajstić information content (AvgIpc) is 2.24. The van der Waals surface area contributed by atoms with Crippen LogP contribution in [-0.2, 0) is 0 Å². The van der Waals surface area contributed by atoms with Crippen molar-refractivity contribution in [2.24, 2.45) is 0 Å². The second-order valence-electron chi connectivity index (χ2n) is 3.77. The van der Waals surface area contributed by atoms with Crippen LogP contribution in [0.25, 0.3) is 0 Å². The molecule has 0 fully saturated rings. The predicted molar refractivity (Wildman–Crippen MR) is 70.1 cm³/mol. The number of hydrogen-bond acceptors (Lipinski definition) is 4. The molecule has 0 aliphatic heterocycles. The Hall–Kier alpha value is -1.21. The van der Waals surface area contributed by atoms with Gasteiger partial charge in [0.15, 0.2) is 0 Å². The van der Waals surface area contributed by atoms with Gasteiger partial charge >= 0.3 is 0 Å². The smallest absolute Gasteiger partial charge is 0.103 e. The summed E-state index contributed by atoms with van der Waals surface area (Å²) in [6, 6.07) is 4.22. The molecule has 0 radical (unpaired) electrons. The summed E-state index contributed by atoms with van der Waals surface area (Å²) in [5, 5.41) is 9.14. The van der Waals surface area contributed by atoms with Crippen LogP contribution in [0.5, 0.6) is 0 Å². The largest absolute Gasteiger partial charge is 0.373 e. The van der Waals surface area contributed by atoms with Crippen molar-refractivity contribution < 1.29 is 0 Å². The standard InChI is InChI=1S/C12H17N3S/c1-9-7-12(15(3)5-6-16-4)11(8-13)10(2)14-9/h7H,5-6H2,1-4H3. The first-order chi connectivity index (χ1) is 7.60. The van der Waals surface area contributed by atoms with Crippen molar-refractivity contribution in [3.8, 4) is 6.07 Å². The lowest BCUT2D eigenvalue weighted by Crippen LogP contribution is -2.22. The number of rotatable bonds is 4. The summed E-state index contributed by atoms with van der Waals surface area (Å²) in [6.45, 7) is 4.79. The van der Waals surface area contributed by atoms with Gasteiger partial charge in [-0.15, -0.1) is 0 Å². The Morgan fingerprint density at radius 2 is 2.19 bits per heavy atom. The van der Waals surface area contributed by atoms with Crippen LogP contribution in [-0.4, -0.2) is 30.6 Å². The van der Waals surface area contributed by atoms with Crippen molar-refractivity contribution in [1.29, 1.82) is 5.26 Å². The molecule has 0 amide bonds. The van der Waals surface area contributed by atoms with Gasteiger partial charge in [0.25, 0.3) is 0 Å². The first kappa shape index (κ1) is 12.9. The molecule has 1 aromatic heterocycles. The Labute approximate surface area is 101 Å². The highest BCUT2D eigenvalue weighted by atomic mass is 32.2. The fourth-order valence-electron chi connectivity index (χ4n) is 1.60. The molecule has 0 bridgehead atoms. The summed E-state index contributed by atoms with van der Waals surface area (Å²) in [5.74, 6) is 1.06. The Morgan fingerprint density at radius 1 is 1.50 bits per heavy atom. The van der Waals surface area contributed by atoms with E-state index in [9.17, 15) is 0 Å². The molecule has 0 N–H and O–H groups in total. The Morgan fingerprint density at radius 3 is 2.75 bits per heavy atom. The van der Waals surface area contributed by atoms with Crippen LogP contribution in [0, 0.1) is 25.2 Å². The van der Waals surface area contributed by atoms with E-state index >= 15 is 0 Å². The van der Waals surface area contributed by atoms with Gasteiger partial charge in [-0.2, -0.15) is 17.0 Å². The summed E-state index contributed by atoms with van der Waals surface area (Å²) >= 11 is 1.81. The van der Waals surface area contributed by atoms with Gasteiger partial charge in [-0.05, 0) is 26.2 Å². The average molecular weight is 235 g/mol. The van der Waals surface area contributed by atoms with E-state index < -0.39 is 0 Å². The second-order valence-corrected chi connectivity index (χ2v) is 4.75. The van der Waals surface area contributed by atoms with Crippen molar-refractivity contribution in [2.45, 2.75) is 13.8 Å². The Balaban J connectivity index is 3.07. The lowest BCUT2D eigenvalue weighted by atomic mass is 10.1. The van der Waals surface area contributed by atoms with Crippen LogP contribution in [0.2, 0.25) is 0 Å². The third kappa shape index (κ3) is 2.89. The highest BCUT2D eigenvalue weighted by Crippen LogP contribution is 2.22. The van der Waals surface area contributed by atoms with Gasteiger partial charge < -0.3 is 4.90 Å². The molecule has 0 aromatic carbocycles. The molecule has 0 saturated carbocycles. The number of hydrogen-bond donors (Lipinski definition) is 0. The van der Waals surface area contributed by atoms with Crippen molar-refractivity contribution in [1.82, 2.24) is 4.98 Å². The number of nitrogens with zero attached hydrogens (tertiary/aromatic N) is 3. The minimum atomic E-state index is 0.689. The molecule has 1 aromatic rings. The number of aryl methyl sites for hydroxylation is 2. The van der Waals surface area contributed by atoms with Gasteiger partial charge in [0.2, 0.25) is 0 Å². The van der Waals surface area contributed by atoms with E-state index in [0.717, 1.165) is 29.4 Å². The molecule has 1 heterocycles. The van der Waals surface area contributed by atoms with Crippen molar-refractivity contribution in [3.63, 3.8) is 0 Å². The van der Waals surface area contributed by atoms with Crippen molar-refractivity contribution >= 4 is 17.4 Å². The molecule has 0 atom stereocenters. The zero-order valence-electron chi connectivity index (χ0n) is 10.2. The van der Waals surface area contributed by atoms with Crippen LogP contribution in [0.1, 0.15) is 17.0 Å². The fraction of sp³-hybridized carbons (Fsp3) is 0.500. The number of anilines is 1. The predicted octanol–water partition coefficient (Wildman–Crippen LogP) is 2.37. The van der Waals surface area contributed by atoms with Gasteiger partial charge in [0.05, 0.1) is 16.9 Å². The normalized spacial score (nSPS) is 9.94. The molecular formula is C12H17N3S. The third-order valence-corrected chi connectivity index (χ3v) is 3.05. The van der Waals surface area contributed by atoms with Gasteiger partial charge in [-0.3, -0.25) is 4.98 Å². The van der Waals surface area contributed by atoms with Gasteiger partial charge in [-0.1, -0.05) is 0 Å². The Bertz CT molecular complexity index is 409. The van der Waals surface area contributed by atoms with Gasteiger partial charge in [-0.25, -0.2) is 0 Å². The molecule has 0 spiro atoms. The molecule has 1 rings (SSSR count). The summed E-state index contributed by atoms with van der Waals surface area (Å²) in [6.07, 6.45) is 2.09. The molecule has 86 valence electrons. The van der Waals surface area contributed by atoms with Crippen molar-refractivity contribution in [2.75, 3.05) is 30.5 Å². The van der Waals surface area contributed by atoms with E-state index in [1.54, 1.807) is 11.8 Å².